The minimum atomic E-state index is -1.02. The van der Waals surface area contributed by atoms with Gasteiger partial charge in [0.25, 0.3) is 11.8 Å². The number of esters is 2. The number of carbonyl (C=O) groups excluding carboxylic acids is 4. The van der Waals surface area contributed by atoms with Crippen LogP contribution in [0.15, 0.2) is 55.1 Å². The number of methoxy groups -OCH3 is 1. The quantitative estimate of drug-likeness (QED) is 0.0611. The van der Waals surface area contributed by atoms with Gasteiger partial charge >= 0.3 is 11.9 Å². The Morgan fingerprint density at radius 3 is 2.27 bits per heavy atom. The highest BCUT2D eigenvalue weighted by Crippen LogP contribution is 2.34. The highest BCUT2D eigenvalue weighted by molar-refractivity contribution is 6.11. The second kappa shape index (κ2) is 17.6. The molecule has 2 amide bonds. The molecule has 1 heterocycles. The molecule has 3 rings (SSSR count). The average Bonchev–Trinajstić information content (AvgIpc) is 3.11. The van der Waals surface area contributed by atoms with Crippen LogP contribution in [-0.2, 0) is 14.3 Å². The molecule has 7 N–H and O–H groups in total. The Kier molecular flexibility index (Phi) is 13.6. The first-order valence-corrected chi connectivity index (χ1v) is 15.8. The molecule has 0 bridgehead atoms. The molecule has 0 aliphatic heterocycles. The third-order valence-electron chi connectivity index (χ3n) is 8.13. The second-order valence-corrected chi connectivity index (χ2v) is 11.5. The fourth-order valence-electron chi connectivity index (χ4n) is 4.53. The Morgan fingerprint density at radius 1 is 0.980 bits per heavy atom. The van der Waals surface area contributed by atoms with Gasteiger partial charge in [-0.3, -0.25) is 19.8 Å². The summed E-state index contributed by atoms with van der Waals surface area (Å²) in [5.74, 6) is -2.56. The molecule has 0 aliphatic rings. The first-order valence-electron chi connectivity index (χ1n) is 15.8. The van der Waals surface area contributed by atoms with Gasteiger partial charge in [0.1, 0.15) is 23.3 Å². The number of anilines is 1. The molecular weight excluding hydrogens is 628 g/mol. The van der Waals surface area contributed by atoms with Crippen LogP contribution in [0.4, 0.5) is 5.69 Å². The fourth-order valence-corrected chi connectivity index (χ4v) is 4.53. The number of hydrogen-bond acceptors (Lipinski definition) is 10. The van der Waals surface area contributed by atoms with Gasteiger partial charge in [-0.2, -0.15) is 0 Å². The van der Waals surface area contributed by atoms with Crippen molar-refractivity contribution < 1.29 is 33.4 Å². The maximum atomic E-state index is 13.8. The predicted molar refractivity (Wildman–Crippen MR) is 187 cm³/mol. The van der Waals surface area contributed by atoms with E-state index in [0.717, 1.165) is 6.42 Å². The second-order valence-electron chi connectivity index (χ2n) is 11.5. The minimum absolute atomic E-state index is 0.0685. The van der Waals surface area contributed by atoms with Crippen LogP contribution in [-0.4, -0.2) is 61.1 Å². The zero-order chi connectivity index (χ0) is 36.2. The van der Waals surface area contributed by atoms with Crippen LogP contribution >= 0.6 is 0 Å². The molecule has 49 heavy (non-hydrogen) atoms. The number of rotatable bonds is 16. The molecule has 3 atom stereocenters. The van der Waals surface area contributed by atoms with Gasteiger partial charge < -0.3 is 36.3 Å². The highest BCUT2D eigenvalue weighted by Gasteiger charge is 2.26. The van der Waals surface area contributed by atoms with Crippen LogP contribution in [0.2, 0.25) is 0 Å². The fraction of sp³-hybridized carbons (Fsp3) is 0.333. The first-order chi connectivity index (χ1) is 23.3. The van der Waals surface area contributed by atoms with Crippen LogP contribution in [0.25, 0.3) is 17.2 Å². The number of amidine groups is 1. The van der Waals surface area contributed by atoms with Gasteiger partial charge in [-0.1, -0.05) is 53.2 Å². The predicted octanol–water partition coefficient (Wildman–Crippen LogP) is 4.74. The third-order valence-corrected chi connectivity index (χ3v) is 8.13. The maximum Gasteiger partial charge on any atom is 0.360 e. The Labute approximate surface area is 285 Å². The van der Waals surface area contributed by atoms with Gasteiger partial charge in [-0.05, 0) is 60.4 Å². The summed E-state index contributed by atoms with van der Waals surface area (Å²) in [6.45, 7) is 11.1. The summed E-state index contributed by atoms with van der Waals surface area (Å²) >= 11 is 0. The van der Waals surface area contributed by atoms with Gasteiger partial charge in [-0.25, -0.2) is 9.78 Å². The number of nitrogen functional groups attached to an aromatic ring is 1. The summed E-state index contributed by atoms with van der Waals surface area (Å²) in [6, 6.07) is 11.5. The number of ether oxygens (including phenoxy) is 3. The van der Waals surface area contributed by atoms with Gasteiger partial charge in [0, 0.05) is 40.0 Å². The van der Waals surface area contributed by atoms with Crippen molar-refractivity contribution in [2.45, 2.75) is 46.6 Å². The van der Waals surface area contributed by atoms with E-state index in [1.807, 2.05) is 20.8 Å². The number of amides is 2. The van der Waals surface area contributed by atoms with Crippen molar-refractivity contribution in [2.24, 2.45) is 23.3 Å². The van der Waals surface area contributed by atoms with E-state index < -0.39 is 36.6 Å². The van der Waals surface area contributed by atoms with Crippen molar-refractivity contribution in [2.75, 3.05) is 25.8 Å². The van der Waals surface area contributed by atoms with E-state index in [1.54, 1.807) is 43.3 Å². The van der Waals surface area contributed by atoms with E-state index in [0.29, 0.717) is 35.5 Å². The van der Waals surface area contributed by atoms with Crippen molar-refractivity contribution in [3.63, 3.8) is 0 Å². The van der Waals surface area contributed by atoms with Gasteiger partial charge in [0.15, 0.2) is 5.69 Å². The molecular formula is C36H44N6O7. The summed E-state index contributed by atoms with van der Waals surface area (Å²) < 4.78 is 16.0. The monoisotopic (exact) mass is 672 g/mol. The largest absolute Gasteiger partial charge is 0.496 e. The number of nitrogens with one attached hydrogen (secondary N) is 3. The van der Waals surface area contributed by atoms with Crippen LogP contribution in [0.1, 0.15) is 83.0 Å². The highest BCUT2D eigenvalue weighted by atomic mass is 16.7. The van der Waals surface area contributed by atoms with Crippen molar-refractivity contribution in [3.8, 4) is 16.9 Å². The molecule has 0 radical (unpaired) electrons. The standard InChI is InChI=1S/C36H44N6O7/c1-7-20(4)18-40-34(44)28-15-14-25(31(42-28)36(46)49-19-48-35(45)30(37)21(5)8-2)26-17-29(47-6)22(9-3)16-27(26)33(43)41-24-12-10-23(11-13-24)32(38)39/h9-17,20-21,30H,3,7-8,18-19,37H2,1-2,4-6H3,(H3,38,39)(H,40,44)(H,41,43)/t20?,21-,30-/m0/s1. The summed E-state index contributed by atoms with van der Waals surface area (Å²) in [5.41, 5.74) is 13.0. The zero-order valence-corrected chi connectivity index (χ0v) is 28.4. The lowest BCUT2D eigenvalue weighted by Gasteiger charge is -2.18. The summed E-state index contributed by atoms with van der Waals surface area (Å²) in [7, 11) is 1.44. The molecule has 13 nitrogen and oxygen atoms in total. The maximum absolute atomic E-state index is 13.8. The van der Waals surface area contributed by atoms with Crippen molar-refractivity contribution >= 4 is 41.4 Å². The van der Waals surface area contributed by atoms with Gasteiger partial charge in [-0.15, -0.1) is 0 Å². The Balaban J connectivity index is 2.09. The van der Waals surface area contributed by atoms with Crippen LogP contribution < -0.4 is 26.8 Å². The first kappa shape index (κ1) is 37.9. The van der Waals surface area contributed by atoms with Crippen LogP contribution in [0.3, 0.4) is 0 Å². The smallest absolute Gasteiger partial charge is 0.360 e. The number of carbonyl (C=O) groups is 4. The Morgan fingerprint density at radius 2 is 1.67 bits per heavy atom. The average molecular weight is 673 g/mol. The van der Waals surface area contributed by atoms with E-state index in [4.69, 9.17) is 31.1 Å². The lowest BCUT2D eigenvalue weighted by Crippen LogP contribution is -2.38. The summed E-state index contributed by atoms with van der Waals surface area (Å²) in [5, 5.41) is 13.2. The lowest BCUT2D eigenvalue weighted by molar-refractivity contribution is -0.155. The van der Waals surface area contributed by atoms with Crippen molar-refractivity contribution in [3.05, 3.63) is 83.2 Å². The molecule has 0 saturated heterocycles. The van der Waals surface area contributed by atoms with Crippen molar-refractivity contribution in [1.29, 1.82) is 5.41 Å². The van der Waals surface area contributed by atoms with Crippen LogP contribution in [0, 0.1) is 17.2 Å². The van der Waals surface area contributed by atoms with E-state index >= 15 is 0 Å². The molecule has 0 saturated carbocycles. The lowest BCUT2D eigenvalue weighted by atomic mass is 9.94. The number of pyridine rings is 1. The van der Waals surface area contributed by atoms with Crippen LogP contribution in [0.5, 0.6) is 5.75 Å². The van der Waals surface area contributed by atoms with E-state index in [9.17, 15) is 19.2 Å². The van der Waals surface area contributed by atoms with Gasteiger partial charge in [0.05, 0.1) is 7.11 Å². The normalized spacial score (nSPS) is 12.5. The number of hydrogen-bond donors (Lipinski definition) is 5. The SMILES string of the molecule is C=Cc1cc(C(=O)Nc2ccc(C(=N)N)cc2)c(-c2ccc(C(=O)NCC(C)CC)nc2C(=O)OCOC(=O)[C@@H](N)[C@@H](C)CC)cc1OC. The molecule has 1 aromatic heterocycles. The number of nitrogens with zero attached hydrogens (tertiary/aromatic N) is 1. The van der Waals surface area contributed by atoms with E-state index in [1.165, 1.54) is 25.3 Å². The van der Waals surface area contributed by atoms with E-state index in [-0.39, 0.29) is 45.7 Å². The molecule has 2 aromatic carbocycles. The molecule has 3 aromatic rings. The number of benzene rings is 2. The molecule has 0 spiro atoms. The Hall–Kier alpha value is -5.56. The van der Waals surface area contributed by atoms with E-state index in [2.05, 4.69) is 22.2 Å². The molecule has 0 fully saturated rings. The number of nitrogens with two attached hydrogens (primary N) is 2. The molecule has 13 heteroatoms. The number of aromatic nitrogens is 1. The van der Waals surface area contributed by atoms with Crippen molar-refractivity contribution in [1.82, 2.24) is 10.3 Å². The molecule has 0 aliphatic carbocycles. The third kappa shape index (κ3) is 9.73. The molecule has 260 valence electrons. The Bertz CT molecular complexity index is 1710. The minimum Gasteiger partial charge on any atom is -0.496 e. The summed E-state index contributed by atoms with van der Waals surface area (Å²) in [4.78, 5) is 57.2. The summed E-state index contributed by atoms with van der Waals surface area (Å²) in [6.07, 6.45) is 3.00. The topological polar surface area (TPSA) is 209 Å². The zero-order valence-electron chi connectivity index (χ0n) is 28.4. The molecule has 1 unspecified atom stereocenters. The van der Waals surface area contributed by atoms with Gasteiger partial charge in [0.2, 0.25) is 6.79 Å².